The molecule has 0 saturated carbocycles. The molecule has 0 atom stereocenters. The van der Waals surface area contributed by atoms with Gasteiger partial charge in [0.1, 0.15) is 33.0 Å². The van der Waals surface area contributed by atoms with Crippen LogP contribution in [0.1, 0.15) is 82.0 Å². The largest absolute Gasteiger partial charge is 0.506 e. The molecule has 0 saturated heterocycles. The van der Waals surface area contributed by atoms with Crippen LogP contribution in [0.5, 0.6) is 23.0 Å². The zero-order valence-corrected chi connectivity index (χ0v) is 26.7. The lowest BCUT2D eigenvalue weighted by Crippen LogP contribution is -2.17. The van der Waals surface area contributed by atoms with E-state index in [-0.39, 0.29) is 56.0 Å². The molecule has 0 unspecified atom stereocenters. The summed E-state index contributed by atoms with van der Waals surface area (Å²) in [5.74, 6) is -2.56. The van der Waals surface area contributed by atoms with Gasteiger partial charge in [0.25, 0.3) is 0 Å². The highest BCUT2D eigenvalue weighted by molar-refractivity contribution is 9.10. The third-order valence-electron chi connectivity index (χ3n) is 7.89. The predicted octanol–water partition coefficient (Wildman–Crippen LogP) is 7.66. The molecule has 3 aromatic carbocycles. The fourth-order valence-electron chi connectivity index (χ4n) is 5.04. The zero-order chi connectivity index (χ0) is 32.5. The number of esters is 2. The van der Waals surface area contributed by atoms with Crippen LogP contribution in [-0.2, 0) is 6.42 Å². The summed E-state index contributed by atoms with van der Waals surface area (Å²) in [7, 11) is 1.45. The molecule has 0 aliphatic rings. The molecule has 3 aromatic rings. The summed E-state index contributed by atoms with van der Waals surface area (Å²) >= 11 is 3.25. The van der Waals surface area contributed by atoms with Gasteiger partial charge in [-0.05, 0) is 127 Å². The molecule has 3 rings (SSSR count). The monoisotopic (exact) mass is 662 g/mol. The lowest BCUT2D eigenvalue weighted by molar-refractivity contribution is 0.0692. The minimum absolute atomic E-state index is 0.0138. The summed E-state index contributed by atoms with van der Waals surface area (Å²) in [5, 5.41) is 20.4. The Morgan fingerprint density at radius 3 is 1.93 bits per heavy atom. The minimum atomic E-state index is -2.63. The number of carbonyl (C=O) groups is 3. The molecule has 0 radical (unpaired) electrons. The lowest BCUT2D eigenvalue weighted by Gasteiger charge is -2.21. The van der Waals surface area contributed by atoms with Gasteiger partial charge in [0, 0.05) is 6.42 Å². The first-order chi connectivity index (χ1) is 20.0. The van der Waals surface area contributed by atoms with Gasteiger partial charge in [-0.1, -0.05) is 0 Å². The number of benzene rings is 3. The highest BCUT2D eigenvalue weighted by atomic mass is 79.9. The molecule has 2 N–H and O–H groups in total. The number of carboxylic acids is 1. The van der Waals surface area contributed by atoms with Crippen molar-refractivity contribution in [3.8, 4) is 23.0 Å². The maximum absolute atomic E-state index is 13.4. The Labute approximate surface area is 256 Å². The van der Waals surface area contributed by atoms with E-state index in [1.807, 2.05) is 0 Å². The van der Waals surface area contributed by atoms with Crippen molar-refractivity contribution in [2.45, 2.75) is 67.7 Å². The molecule has 0 fully saturated rings. The van der Waals surface area contributed by atoms with Crippen molar-refractivity contribution in [1.82, 2.24) is 0 Å². The highest BCUT2D eigenvalue weighted by Crippen LogP contribution is 2.42. The van der Waals surface area contributed by atoms with Crippen LogP contribution in [-0.4, -0.2) is 41.7 Å². The van der Waals surface area contributed by atoms with Gasteiger partial charge < -0.3 is 24.4 Å². The van der Waals surface area contributed by atoms with E-state index in [4.69, 9.17) is 14.2 Å². The molecule has 11 heteroatoms. The maximum atomic E-state index is 13.4. The topological polar surface area (TPSA) is 119 Å². The fourth-order valence-corrected chi connectivity index (χ4v) is 5.69. The molecule has 0 amide bonds. The average Bonchev–Trinajstić information content (AvgIpc) is 2.93. The van der Waals surface area contributed by atoms with E-state index in [0.29, 0.717) is 39.1 Å². The molecule has 0 aromatic heterocycles. The van der Waals surface area contributed by atoms with Gasteiger partial charge in [0.05, 0.1) is 18.2 Å². The number of rotatable bonds is 9. The van der Waals surface area contributed by atoms with Gasteiger partial charge in [-0.25, -0.2) is 23.2 Å². The van der Waals surface area contributed by atoms with E-state index in [1.54, 1.807) is 41.5 Å². The second-order valence-electron chi connectivity index (χ2n) is 10.3. The number of aromatic carboxylic acids is 1. The normalized spacial score (nSPS) is 11.1. The summed E-state index contributed by atoms with van der Waals surface area (Å²) in [4.78, 5) is 38.5. The Kier molecular flexibility index (Phi) is 10.2. The van der Waals surface area contributed by atoms with Crippen LogP contribution in [0.15, 0.2) is 16.6 Å². The maximum Gasteiger partial charge on any atom is 0.347 e. The van der Waals surface area contributed by atoms with Crippen LogP contribution < -0.4 is 14.2 Å². The highest BCUT2D eigenvalue weighted by Gasteiger charge is 2.28. The first-order valence-electron chi connectivity index (χ1n) is 13.3. The first kappa shape index (κ1) is 33.5. The molecule has 8 nitrogen and oxygen atoms in total. The van der Waals surface area contributed by atoms with E-state index >= 15 is 0 Å². The second-order valence-corrected chi connectivity index (χ2v) is 11.0. The van der Waals surface area contributed by atoms with Crippen LogP contribution in [0.3, 0.4) is 0 Å². The molecular weight excluding hydrogens is 630 g/mol. The number of phenols is 1. The van der Waals surface area contributed by atoms with Gasteiger partial charge in [-0.2, -0.15) is 0 Å². The second kappa shape index (κ2) is 13.1. The molecule has 0 heterocycles. The SMILES string of the molecule is COc1c(C)c(C)c(C(=O)Oc2ccc(C(=O)Oc3c(C)c(C)c(C(=O)O)c(C)c3CCC(F)F)c(C)c2C)c(O)c1Br. The number of hydrogen-bond donors (Lipinski definition) is 2. The van der Waals surface area contributed by atoms with Crippen molar-refractivity contribution in [3.05, 3.63) is 77.8 Å². The Hall–Kier alpha value is -3.99. The van der Waals surface area contributed by atoms with Crippen LogP contribution in [0.2, 0.25) is 0 Å². The third-order valence-corrected chi connectivity index (χ3v) is 8.63. The van der Waals surface area contributed by atoms with Crippen LogP contribution in [0, 0.1) is 48.5 Å². The van der Waals surface area contributed by atoms with Gasteiger partial charge in [0.2, 0.25) is 6.43 Å². The standard InChI is InChI=1S/C32H33BrF2O8/c1-13-14(2)22(42-32(40)25-16(4)18(6)29(41-8)26(33)27(25)36)11-9-21(13)31(39)43-28-17(5)15(3)24(30(37)38)19(7)20(28)10-12-23(34)35/h9,11,23,36H,10,12H2,1-8H3,(H,37,38). The van der Waals surface area contributed by atoms with E-state index in [0.717, 1.165) is 0 Å². The Balaban J connectivity index is 2.00. The van der Waals surface area contributed by atoms with Gasteiger partial charge in [0.15, 0.2) is 0 Å². The van der Waals surface area contributed by atoms with E-state index in [9.17, 15) is 33.4 Å². The Bertz CT molecular complexity index is 1620. The smallest absolute Gasteiger partial charge is 0.347 e. The predicted molar refractivity (Wildman–Crippen MR) is 160 cm³/mol. The number of hydrogen-bond acceptors (Lipinski definition) is 7. The van der Waals surface area contributed by atoms with Crippen molar-refractivity contribution < 1.29 is 47.6 Å². The number of ether oxygens (including phenoxy) is 3. The summed E-state index contributed by atoms with van der Waals surface area (Å²) < 4.78 is 43.2. The quantitative estimate of drug-likeness (QED) is 0.177. The van der Waals surface area contributed by atoms with Gasteiger partial charge >= 0.3 is 17.9 Å². The molecule has 0 bridgehead atoms. The average molecular weight is 664 g/mol. The molecular formula is C32H33BrF2O8. The van der Waals surface area contributed by atoms with Crippen molar-refractivity contribution in [3.63, 3.8) is 0 Å². The van der Waals surface area contributed by atoms with E-state index in [1.165, 1.54) is 26.2 Å². The Morgan fingerprint density at radius 1 is 0.791 bits per heavy atom. The van der Waals surface area contributed by atoms with Crippen LogP contribution in [0.25, 0.3) is 0 Å². The van der Waals surface area contributed by atoms with Crippen LogP contribution in [0.4, 0.5) is 8.78 Å². The molecule has 0 aliphatic heterocycles. The Morgan fingerprint density at radius 2 is 1.37 bits per heavy atom. The van der Waals surface area contributed by atoms with Gasteiger partial charge in [-0.15, -0.1) is 0 Å². The first-order valence-corrected chi connectivity index (χ1v) is 14.1. The van der Waals surface area contributed by atoms with Crippen molar-refractivity contribution in [2.75, 3.05) is 7.11 Å². The number of halogens is 3. The van der Waals surface area contributed by atoms with Crippen LogP contribution >= 0.6 is 15.9 Å². The number of aromatic hydroxyl groups is 1. The number of carbonyl (C=O) groups excluding carboxylic acids is 2. The summed E-state index contributed by atoms with van der Waals surface area (Å²) in [6.07, 6.45) is -3.36. The molecule has 230 valence electrons. The number of carboxylic acid groups (broad SMARTS) is 1. The molecule has 43 heavy (non-hydrogen) atoms. The fraction of sp³-hybridized carbons (Fsp3) is 0.344. The van der Waals surface area contributed by atoms with Gasteiger partial charge in [-0.3, -0.25) is 0 Å². The third kappa shape index (κ3) is 6.36. The van der Waals surface area contributed by atoms with Crippen molar-refractivity contribution >= 4 is 33.8 Å². The number of phenolic OH excluding ortho intramolecular Hbond substituents is 1. The summed E-state index contributed by atoms with van der Waals surface area (Å²) in [6, 6.07) is 2.83. The number of alkyl halides is 2. The summed E-state index contributed by atoms with van der Waals surface area (Å²) in [5.41, 5.74) is 3.27. The lowest BCUT2D eigenvalue weighted by atomic mass is 9.90. The number of methoxy groups -OCH3 is 1. The molecule has 0 aliphatic carbocycles. The van der Waals surface area contributed by atoms with E-state index < -0.39 is 30.8 Å². The molecule has 0 spiro atoms. The zero-order valence-electron chi connectivity index (χ0n) is 25.1. The minimum Gasteiger partial charge on any atom is -0.506 e. The summed E-state index contributed by atoms with van der Waals surface area (Å²) in [6.45, 7) is 11.3. The van der Waals surface area contributed by atoms with Crippen molar-refractivity contribution in [2.24, 2.45) is 0 Å². The van der Waals surface area contributed by atoms with Crippen molar-refractivity contribution in [1.29, 1.82) is 0 Å². The van der Waals surface area contributed by atoms with E-state index in [2.05, 4.69) is 15.9 Å².